The molecule has 0 radical (unpaired) electrons. The Balaban J connectivity index is 1.70. The van der Waals surface area contributed by atoms with Crippen LogP contribution in [0.3, 0.4) is 0 Å². The Morgan fingerprint density at radius 1 is 1.24 bits per heavy atom. The van der Waals surface area contributed by atoms with Gasteiger partial charge in [-0.15, -0.1) is 0 Å². The van der Waals surface area contributed by atoms with E-state index in [0.29, 0.717) is 12.1 Å². The van der Waals surface area contributed by atoms with Gasteiger partial charge in [-0.25, -0.2) is 8.42 Å². The van der Waals surface area contributed by atoms with Gasteiger partial charge >= 0.3 is 5.97 Å². The molecule has 6 nitrogen and oxygen atoms in total. The van der Waals surface area contributed by atoms with Crippen molar-refractivity contribution in [2.24, 2.45) is 5.92 Å². The summed E-state index contributed by atoms with van der Waals surface area (Å²) < 4.78 is 27.4. The number of benzene rings is 1. The van der Waals surface area contributed by atoms with Gasteiger partial charge in [0.2, 0.25) is 0 Å². The minimum Gasteiger partial charge on any atom is -0.456 e. The molecule has 21 heavy (non-hydrogen) atoms. The van der Waals surface area contributed by atoms with Crippen molar-refractivity contribution in [2.75, 3.05) is 23.4 Å². The lowest BCUT2D eigenvalue weighted by Gasteiger charge is -2.08. The van der Waals surface area contributed by atoms with Crippen LogP contribution in [0, 0.1) is 5.92 Å². The summed E-state index contributed by atoms with van der Waals surface area (Å²) in [7, 11) is -3.00. The Labute approximate surface area is 123 Å². The fourth-order valence-electron chi connectivity index (χ4n) is 2.19. The predicted octanol–water partition coefficient (Wildman–Crippen LogP) is 0.993. The van der Waals surface area contributed by atoms with Crippen LogP contribution in [-0.2, 0) is 24.2 Å². The summed E-state index contributed by atoms with van der Waals surface area (Å²) in [4.78, 5) is 23.1. The van der Waals surface area contributed by atoms with E-state index in [0.717, 1.165) is 0 Å². The van der Waals surface area contributed by atoms with Crippen LogP contribution in [0.25, 0.3) is 0 Å². The van der Waals surface area contributed by atoms with E-state index in [1.165, 1.54) is 0 Å². The first-order chi connectivity index (χ1) is 9.94. The molecule has 0 unspecified atom stereocenters. The number of rotatable bonds is 5. The number of carbonyl (C=O) groups excluding carboxylic acids is 2. The van der Waals surface area contributed by atoms with Gasteiger partial charge in [0.05, 0.1) is 11.5 Å². The van der Waals surface area contributed by atoms with Crippen LogP contribution in [0.1, 0.15) is 12.8 Å². The normalized spacial score (nSPS) is 19.9. The Hall–Kier alpha value is -1.89. The van der Waals surface area contributed by atoms with Crippen LogP contribution in [0.5, 0.6) is 0 Å². The summed E-state index contributed by atoms with van der Waals surface area (Å²) in [5.74, 6) is -1.01. The quantitative estimate of drug-likeness (QED) is 0.819. The smallest absolute Gasteiger partial charge is 0.306 e. The molecule has 0 aromatic heterocycles. The van der Waals surface area contributed by atoms with Gasteiger partial charge in [-0.2, -0.15) is 0 Å². The number of para-hydroxylation sites is 1. The maximum atomic E-state index is 11.6. The van der Waals surface area contributed by atoms with Gasteiger partial charge in [-0.05, 0) is 24.5 Å². The summed E-state index contributed by atoms with van der Waals surface area (Å²) in [6.07, 6.45) is 0.519. The van der Waals surface area contributed by atoms with Crippen molar-refractivity contribution < 1.29 is 22.7 Å². The lowest BCUT2D eigenvalue weighted by molar-refractivity contribution is -0.148. The zero-order valence-electron chi connectivity index (χ0n) is 11.4. The Kier molecular flexibility index (Phi) is 4.95. The summed E-state index contributed by atoms with van der Waals surface area (Å²) in [5.41, 5.74) is 0.625. The SMILES string of the molecule is O=C(COC(=O)C[C@@H]1CCS(=O)(=O)C1)Nc1ccccc1. The molecule has 0 spiro atoms. The van der Waals surface area contributed by atoms with Crippen molar-refractivity contribution in [3.05, 3.63) is 30.3 Å². The fourth-order valence-corrected chi connectivity index (χ4v) is 4.05. The fraction of sp³-hybridized carbons (Fsp3) is 0.429. The largest absolute Gasteiger partial charge is 0.456 e. The zero-order chi connectivity index (χ0) is 15.3. The Morgan fingerprint density at radius 2 is 1.95 bits per heavy atom. The highest BCUT2D eigenvalue weighted by molar-refractivity contribution is 7.91. The number of anilines is 1. The van der Waals surface area contributed by atoms with Crippen LogP contribution in [0.15, 0.2) is 30.3 Å². The van der Waals surface area contributed by atoms with Gasteiger partial charge in [-0.1, -0.05) is 18.2 Å². The van der Waals surface area contributed by atoms with Gasteiger partial charge in [-0.3, -0.25) is 9.59 Å². The molecule has 0 bridgehead atoms. The van der Waals surface area contributed by atoms with Crippen molar-refractivity contribution in [2.45, 2.75) is 12.8 Å². The van der Waals surface area contributed by atoms with Crippen LogP contribution in [0.4, 0.5) is 5.69 Å². The van der Waals surface area contributed by atoms with Crippen LogP contribution in [-0.4, -0.2) is 38.4 Å². The van der Waals surface area contributed by atoms with Gasteiger partial charge in [0.1, 0.15) is 0 Å². The maximum absolute atomic E-state index is 11.6. The monoisotopic (exact) mass is 311 g/mol. The first-order valence-corrected chi connectivity index (χ1v) is 8.48. The van der Waals surface area contributed by atoms with E-state index in [4.69, 9.17) is 4.74 Å². The third-order valence-corrected chi connectivity index (χ3v) is 5.04. The first-order valence-electron chi connectivity index (χ1n) is 6.65. The third kappa shape index (κ3) is 5.18. The molecule has 1 aromatic rings. The van der Waals surface area contributed by atoms with Crippen molar-refractivity contribution in [1.29, 1.82) is 0 Å². The first kappa shape index (κ1) is 15.5. The predicted molar refractivity (Wildman–Crippen MR) is 77.4 cm³/mol. The number of esters is 1. The Morgan fingerprint density at radius 3 is 2.57 bits per heavy atom. The van der Waals surface area contributed by atoms with Crippen molar-refractivity contribution >= 4 is 27.4 Å². The van der Waals surface area contributed by atoms with Gasteiger partial charge < -0.3 is 10.1 Å². The van der Waals surface area contributed by atoms with E-state index in [9.17, 15) is 18.0 Å². The molecule has 1 aliphatic heterocycles. The second-order valence-corrected chi connectivity index (χ2v) is 7.28. The number of amides is 1. The maximum Gasteiger partial charge on any atom is 0.306 e. The average Bonchev–Trinajstić information content (AvgIpc) is 2.77. The highest BCUT2D eigenvalue weighted by atomic mass is 32.2. The summed E-state index contributed by atoms with van der Waals surface area (Å²) in [6, 6.07) is 8.84. The molecule has 1 fully saturated rings. The molecule has 1 saturated heterocycles. The van der Waals surface area contributed by atoms with E-state index in [1.807, 2.05) is 6.07 Å². The van der Waals surface area contributed by atoms with Crippen molar-refractivity contribution in [1.82, 2.24) is 0 Å². The average molecular weight is 311 g/mol. The van der Waals surface area contributed by atoms with E-state index in [2.05, 4.69) is 5.32 Å². The van der Waals surface area contributed by atoms with Crippen LogP contribution < -0.4 is 5.32 Å². The molecule has 1 aliphatic rings. The summed E-state index contributed by atoms with van der Waals surface area (Å²) >= 11 is 0. The number of hydrogen-bond donors (Lipinski definition) is 1. The molecular weight excluding hydrogens is 294 g/mol. The van der Waals surface area contributed by atoms with Crippen LogP contribution in [0.2, 0.25) is 0 Å². The lowest BCUT2D eigenvalue weighted by Crippen LogP contribution is -2.22. The van der Waals surface area contributed by atoms with Gasteiger partial charge in [0, 0.05) is 12.1 Å². The van der Waals surface area contributed by atoms with Crippen molar-refractivity contribution in [3.63, 3.8) is 0 Å². The number of nitrogens with one attached hydrogen (secondary N) is 1. The molecule has 1 amide bonds. The molecule has 0 saturated carbocycles. The molecule has 0 aliphatic carbocycles. The van der Waals surface area contributed by atoms with E-state index < -0.39 is 21.7 Å². The number of hydrogen-bond acceptors (Lipinski definition) is 5. The highest BCUT2D eigenvalue weighted by Crippen LogP contribution is 2.21. The minimum atomic E-state index is -3.00. The minimum absolute atomic E-state index is 0.0261. The molecule has 1 heterocycles. The van der Waals surface area contributed by atoms with Crippen molar-refractivity contribution in [3.8, 4) is 0 Å². The van der Waals surface area contributed by atoms with E-state index >= 15 is 0 Å². The van der Waals surface area contributed by atoms with E-state index in [1.54, 1.807) is 24.3 Å². The molecule has 1 aromatic carbocycles. The third-order valence-electron chi connectivity index (χ3n) is 3.20. The number of carbonyl (C=O) groups is 2. The highest BCUT2D eigenvalue weighted by Gasteiger charge is 2.29. The van der Waals surface area contributed by atoms with Gasteiger partial charge in [0.15, 0.2) is 16.4 Å². The topological polar surface area (TPSA) is 89.5 Å². The number of ether oxygens (including phenoxy) is 1. The van der Waals surface area contributed by atoms with Gasteiger partial charge in [0.25, 0.3) is 5.91 Å². The Bertz CT molecular complexity index is 612. The summed E-state index contributed by atoms with van der Waals surface area (Å²) in [6.45, 7) is -0.368. The molecule has 114 valence electrons. The second kappa shape index (κ2) is 6.71. The molecule has 1 N–H and O–H groups in total. The lowest BCUT2D eigenvalue weighted by atomic mass is 10.1. The molecule has 2 rings (SSSR count). The molecule has 1 atom stereocenters. The molecular formula is C14H17NO5S. The zero-order valence-corrected chi connectivity index (χ0v) is 12.3. The van der Waals surface area contributed by atoms with E-state index in [-0.39, 0.29) is 30.5 Å². The standard InChI is InChI=1S/C14H17NO5S/c16-13(15-12-4-2-1-3-5-12)9-20-14(17)8-11-6-7-21(18,19)10-11/h1-5,11H,6-10H2,(H,15,16)/t11-/m0/s1. The number of sulfone groups is 1. The van der Waals surface area contributed by atoms with Crippen LogP contribution >= 0.6 is 0 Å². The summed E-state index contributed by atoms with van der Waals surface area (Å²) in [5, 5.41) is 2.59. The second-order valence-electron chi connectivity index (χ2n) is 5.05. The molecule has 7 heteroatoms.